The quantitative estimate of drug-likeness (QED) is 0.659. The number of anilines is 1. The first kappa shape index (κ1) is 19.2. The molecule has 0 fully saturated rings. The summed E-state index contributed by atoms with van der Waals surface area (Å²) in [5.74, 6) is 0.369. The molecular weight excluding hydrogens is 366 g/mol. The lowest BCUT2D eigenvalue weighted by atomic mass is 9.90. The maximum Gasteiger partial charge on any atom is 0.339 e. The standard InChI is InChI=1S/C24H25NO4/c1-14-8-15(2)10-17(9-14)25-22(26)13-28-20-11-16(3)12-21-23(20)18-6-4-5-7-19(18)24(27)29-21/h8-12H,4-7,13H2,1-3H3,(H,25,26). The molecule has 0 radical (unpaired) electrons. The van der Waals surface area contributed by atoms with E-state index >= 15 is 0 Å². The van der Waals surface area contributed by atoms with Crippen LogP contribution < -0.4 is 15.7 Å². The van der Waals surface area contributed by atoms with Gasteiger partial charge in [0.2, 0.25) is 0 Å². The van der Waals surface area contributed by atoms with E-state index in [9.17, 15) is 9.59 Å². The van der Waals surface area contributed by atoms with Crippen LogP contribution in [0.5, 0.6) is 5.75 Å². The fraction of sp³-hybridized carbons (Fsp3) is 0.333. The largest absolute Gasteiger partial charge is 0.483 e. The maximum atomic E-state index is 12.5. The van der Waals surface area contributed by atoms with Crippen molar-refractivity contribution in [1.82, 2.24) is 0 Å². The molecule has 150 valence electrons. The Kier molecular flexibility index (Phi) is 5.14. The van der Waals surface area contributed by atoms with Crippen molar-refractivity contribution >= 4 is 22.6 Å². The molecule has 1 N–H and O–H groups in total. The molecule has 1 aliphatic carbocycles. The molecule has 0 atom stereocenters. The van der Waals surface area contributed by atoms with Gasteiger partial charge in [0.25, 0.3) is 5.91 Å². The van der Waals surface area contributed by atoms with Crippen LogP contribution in [0.4, 0.5) is 5.69 Å². The zero-order valence-corrected chi connectivity index (χ0v) is 17.1. The highest BCUT2D eigenvalue weighted by atomic mass is 16.5. The molecule has 0 spiro atoms. The highest BCUT2D eigenvalue weighted by molar-refractivity contribution is 5.93. The maximum absolute atomic E-state index is 12.5. The molecule has 5 nitrogen and oxygen atoms in total. The zero-order chi connectivity index (χ0) is 20.5. The van der Waals surface area contributed by atoms with Crippen LogP contribution in [0.25, 0.3) is 11.0 Å². The molecule has 0 saturated heterocycles. The van der Waals surface area contributed by atoms with Gasteiger partial charge in [0.15, 0.2) is 6.61 Å². The van der Waals surface area contributed by atoms with Gasteiger partial charge >= 0.3 is 5.63 Å². The van der Waals surface area contributed by atoms with E-state index < -0.39 is 0 Å². The number of aryl methyl sites for hydroxylation is 4. The van der Waals surface area contributed by atoms with E-state index in [1.165, 1.54) is 0 Å². The lowest BCUT2D eigenvalue weighted by Gasteiger charge is -2.19. The summed E-state index contributed by atoms with van der Waals surface area (Å²) in [5, 5.41) is 3.71. The minimum absolute atomic E-state index is 0.112. The van der Waals surface area contributed by atoms with Crippen LogP contribution in [-0.2, 0) is 17.6 Å². The van der Waals surface area contributed by atoms with Crippen molar-refractivity contribution in [3.8, 4) is 5.75 Å². The third-order valence-electron chi connectivity index (χ3n) is 5.29. The Morgan fingerprint density at radius 3 is 2.34 bits per heavy atom. The SMILES string of the molecule is Cc1cc(C)cc(NC(=O)COc2cc(C)cc3oc(=O)c4c(c23)CCCC4)c1. The van der Waals surface area contributed by atoms with Crippen molar-refractivity contribution in [1.29, 1.82) is 0 Å². The van der Waals surface area contributed by atoms with Gasteiger partial charge in [0.1, 0.15) is 11.3 Å². The van der Waals surface area contributed by atoms with Crippen molar-refractivity contribution in [2.24, 2.45) is 0 Å². The van der Waals surface area contributed by atoms with Gasteiger partial charge < -0.3 is 14.5 Å². The monoisotopic (exact) mass is 391 g/mol. The number of hydrogen-bond donors (Lipinski definition) is 1. The molecule has 5 heteroatoms. The summed E-state index contributed by atoms with van der Waals surface area (Å²) in [6.45, 7) is 5.80. The third kappa shape index (κ3) is 4.04. The van der Waals surface area contributed by atoms with Crippen LogP contribution in [0, 0.1) is 20.8 Å². The first-order chi connectivity index (χ1) is 13.9. The van der Waals surface area contributed by atoms with Crippen LogP contribution in [0.3, 0.4) is 0 Å². The van der Waals surface area contributed by atoms with E-state index in [4.69, 9.17) is 9.15 Å². The second kappa shape index (κ2) is 7.74. The van der Waals surface area contributed by atoms with Gasteiger partial charge in [0.05, 0.1) is 5.39 Å². The topological polar surface area (TPSA) is 68.5 Å². The first-order valence-corrected chi connectivity index (χ1v) is 10.0. The first-order valence-electron chi connectivity index (χ1n) is 10.0. The number of nitrogens with one attached hydrogen (secondary N) is 1. The summed E-state index contributed by atoms with van der Waals surface area (Å²) in [5.41, 5.74) is 5.89. The molecule has 1 amide bonds. The van der Waals surface area contributed by atoms with E-state index in [0.717, 1.165) is 64.6 Å². The highest BCUT2D eigenvalue weighted by Crippen LogP contribution is 2.34. The number of carbonyl (C=O) groups excluding carboxylic acids is 1. The van der Waals surface area contributed by atoms with Crippen LogP contribution in [0.2, 0.25) is 0 Å². The van der Waals surface area contributed by atoms with Crippen LogP contribution in [-0.4, -0.2) is 12.5 Å². The molecule has 0 bridgehead atoms. The fourth-order valence-electron chi connectivity index (χ4n) is 4.17. The Labute approximate surface area is 169 Å². The van der Waals surface area contributed by atoms with Crippen molar-refractivity contribution in [3.63, 3.8) is 0 Å². The van der Waals surface area contributed by atoms with Gasteiger partial charge in [-0.25, -0.2) is 4.79 Å². The number of amides is 1. The predicted molar refractivity (Wildman–Crippen MR) is 114 cm³/mol. The van der Waals surface area contributed by atoms with Crippen molar-refractivity contribution in [2.75, 3.05) is 11.9 Å². The Balaban J connectivity index is 1.62. The lowest BCUT2D eigenvalue weighted by molar-refractivity contribution is -0.118. The van der Waals surface area contributed by atoms with Crippen LogP contribution in [0.1, 0.15) is 40.7 Å². The van der Waals surface area contributed by atoms with Gasteiger partial charge in [0, 0.05) is 11.3 Å². The Hall–Kier alpha value is -3.08. The number of ether oxygens (including phenoxy) is 1. The number of fused-ring (bicyclic) bond motifs is 3. The Morgan fingerprint density at radius 2 is 1.62 bits per heavy atom. The van der Waals surface area contributed by atoms with E-state index in [-0.39, 0.29) is 18.1 Å². The van der Waals surface area contributed by atoms with Crippen molar-refractivity contribution in [2.45, 2.75) is 46.5 Å². The van der Waals surface area contributed by atoms with Gasteiger partial charge in [-0.1, -0.05) is 6.07 Å². The van der Waals surface area contributed by atoms with Gasteiger partial charge in [-0.3, -0.25) is 4.79 Å². The van der Waals surface area contributed by atoms with E-state index in [1.807, 2.05) is 45.0 Å². The number of hydrogen-bond acceptors (Lipinski definition) is 4. The lowest BCUT2D eigenvalue weighted by Crippen LogP contribution is -2.21. The molecule has 3 aromatic rings. The number of carbonyl (C=O) groups is 1. The highest BCUT2D eigenvalue weighted by Gasteiger charge is 2.21. The second-order valence-corrected chi connectivity index (χ2v) is 7.90. The molecule has 1 aromatic heterocycles. The van der Waals surface area contributed by atoms with E-state index in [2.05, 4.69) is 11.4 Å². The molecule has 4 rings (SSSR count). The molecule has 0 unspecified atom stereocenters. The minimum Gasteiger partial charge on any atom is -0.483 e. The van der Waals surface area contributed by atoms with Gasteiger partial charge in [-0.05, 0) is 93.0 Å². The smallest absolute Gasteiger partial charge is 0.339 e. The van der Waals surface area contributed by atoms with Crippen LogP contribution in [0.15, 0.2) is 39.5 Å². The summed E-state index contributed by atoms with van der Waals surface area (Å²) < 4.78 is 11.5. The summed E-state index contributed by atoms with van der Waals surface area (Å²) in [7, 11) is 0. The Morgan fingerprint density at radius 1 is 0.966 bits per heavy atom. The number of rotatable bonds is 4. The minimum atomic E-state index is -0.253. The fourth-order valence-corrected chi connectivity index (χ4v) is 4.17. The van der Waals surface area contributed by atoms with E-state index in [1.54, 1.807) is 0 Å². The predicted octanol–water partition coefficient (Wildman–Crippen LogP) is 4.61. The summed E-state index contributed by atoms with van der Waals surface area (Å²) in [6, 6.07) is 9.67. The van der Waals surface area contributed by atoms with Gasteiger partial charge in [-0.2, -0.15) is 0 Å². The summed E-state index contributed by atoms with van der Waals surface area (Å²) >= 11 is 0. The number of benzene rings is 2. The average Bonchev–Trinajstić information content (AvgIpc) is 2.65. The molecule has 1 aliphatic rings. The Bertz CT molecular complexity index is 1140. The van der Waals surface area contributed by atoms with Crippen molar-refractivity contribution in [3.05, 3.63) is 68.6 Å². The molecule has 2 aromatic carbocycles. The molecular formula is C24H25NO4. The summed E-state index contributed by atoms with van der Waals surface area (Å²) in [6.07, 6.45) is 3.58. The van der Waals surface area contributed by atoms with E-state index in [0.29, 0.717) is 11.3 Å². The van der Waals surface area contributed by atoms with Crippen LogP contribution >= 0.6 is 0 Å². The third-order valence-corrected chi connectivity index (χ3v) is 5.29. The molecule has 1 heterocycles. The average molecular weight is 391 g/mol. The normalized spacial score (nSPS) is 13.2. The zero-order valence-electron chi connectivity index (χ0n) is 17.1. The molecule has 0 saturated carbocycles. The van der Waals surface area contributed by atoms with Crippen molar-refractivity contribution < 1.29 is 13.9 Å². The summed E-state index contributed by atoms with van der Waals surface area (Å²) in [4.78, 5) is 24.8. The second-order valence-electron chi connectivity index (χ2n) is 7.90. The van der Waals surface area contributed by atoms with Gasteiger partial charge in [-0.15, -0.1) is 0 Å². The molecule has 29 heavy (non-hydrogen) atoms. The molecule has 0 aliphatic heterocycles.